The van der Waals surface area contributed by atoms with Crippen LogP contribution in [0.2, 0.25) is 0 Å². The normalized spacial score (nSPS) is 22.5. The van der Waals surface area contributed by atoms with E-state index in [0.717, 1.165) is 45.8 Å². The maximum Gasteiger partial charge on any atom is 0.248 e. The second-order valence-corrected chi connectivity index (χ2v) is 5.70. The molecule has 1 saturated carbocycles. The third-order valence-electron chi connectivity index (χ3n) is 3.94. The van der Waals surface area contributed by atoms with E-state index in [-0.39, 0.29) is 18.6 Å². The summed E-state index contributed by atoms with van der Waals surface area (Å²) in [7, 11) is 0. The van der Waals surface area contributed by atoms with E-state index >= 15 is 0 Å². The van der Waals surface area contributed by atoms with Gasteiger partial charge in [0.25, 0.3) is 0 Å². The van der Waals surface area contributed by atoms with E-state index in [9.17, 15) is 9.90 Å². The number of carbonyl (C=O) groups is 1. The van der Waals surface area contributed by atoms with Crippen molar-refractivity contribution in [2.24, 2.45) is 5.92 Å². The van der Waals surface area contributed by atoms with Gasteiger partial charge in [-0.2, -0.15) is 0 Å². The van der Waals surface area contributed by atoms with Gasteiger partial charge >= 0.3 is 0 Å². The van der Waals surface area contributed by atoms with Crippen LogP contribution >= 0.6 is 0 Å². The number of rotatable bonds is 7. The molecule has 2 rings (SSSR count). The molecule has 0 bridgehead atoms. The summed E-state index contributed by atoms with van der Waals surface area (Å²) in [4.78, 5) is 16.0. The second kappa shape index (κ2) is 7.22. The lowest BCUT2D eigenvalue weighted by Crippen LogP contribution is -2.51. The van der Waals surface area contributed by atoms with Crippen LogP contribution in [0.15, 0.2) is 0 Å². The number of aliphatic hydroxyl groups excluding tert-OH is 1. The highest BCUT2D eigenvalue weighted by Crippen LogP contribution is 2.28. The molecule has 0 aromatic heterocycles. The zero-order chi connectivity index (χ0) is 13.7. The van der Waals surface area contributed by atoms with Gasteiger partial charge in [-0.15, -0.1) is 0 Å². The van der Waals surface area contributed by atoms with Crippen LogP contribution in [0, 0.1) is 5.92 Å². The van der Waals surface area contributed by atoms with E-state index in [1.54, 1.807) is 0 Å². The van der Waals surface area contributed by atoms with Gasteiger partial charge in [0.1, 0.15) is 6.61 Å². The van der Waals surface area contributed by atoms with Gasteiger partial charge in [-0.3, -0.25) is 9.69 Å². The Balaban J connectivity index is 1.59. The summed E-state index contributed by atoms with van der Waals surface area (Å²) in [6, 6.07) is 0. The first-order chi connectivity index (χ1) is 9.19. The SMILES string of the molecule is CCC(O)CN1CCN(C(=O)COCC2CC2)CC1. The molecule has 0 aromatic carbocycles. The highest BCUT2D eigenvalue weighted by atomic mass is 16.5. The summed E-state index contributed by atoms with van der Waals surface area (Å²) in [6.45, 7) is 6.89. The molecule has 5 heteroatoms. The minimum atomic E-state index is -0.246. The van der Waals surface area contributed by atoms with Crippen LogP contribution in [-0.4, -0.2) is 72.9 Å². The Morgan fingerprint density at radius 1 is 1.32 bits per heavy atom. The molecule has 0 spiro atoms. The molecule has 0 aromatic rings. The standard InChI is InChI=1S/C14H26N2O3/c1-2-13(17)9-15-5-7-16(8-6-15)14(18)11-19-10-12-3-4-12/h12-13,17H,2-11H2,1H3. The molecule has 1 amide bonds. The monoisotopic (exact) mass is 270 g/mol. The molecule has 110 valence electrons. The molecular weight excluding hydrogens is 244 g/mol. The fourth-order valence-corrected chi connectivity index (χ4v) is 2.30. The molecule has 0 radical (unpaired) electrons. The lowest BCUT2D eigenvalue weighted by atomic mass is 10.2. The van der Waals surface area contributed by atoms with Crippen LogP contribution in [-0.2, 0) is 9.53 Å². The number of nitrogens with zero attached hydrogens (tertiary/aromatic N) is 2. The molecule has 1 saturated heterocycles. The van der Waals surface area contributed by atoms with Crippen LogP contribution < -0.4 is 0 Å². The van der Waals surface area contributed by atoms with Gasteiger partial charge in [-0.25, -0.2) is 0 Å². The summed E-state index contributed by atoms with van der Waals surface area (Å²) in [5, 5.41) is 9.62. The minimum Gasteiger partial charge on any atom is -0.392 e. The third kappa shape index (κ3) is 5.09. The molecule has 1 aliphatic carbocycles. The first-order valence-electron chi connectivity index (χ1n) is 7.45. The number of aliphatic hydroxyl groups is 1. The maximum atomic E-state index is 11.9. The highest BCUT2D eigenvalue weighted by Gasteiger charge is 2.24. The Morgan fingerprint density at radius 3 is 2.58 bits per heavy atom. The lowest BCUT2D eigenvalue weighted by Gasteiger charge is -2.35. The Labute approximate surface area is 115 Å². The van der Waals surface area contributed by atoms with Gasteiger partial charge < -0.3 is 14.7 Å². The van der Waals surface area contributed by atoms with Crippen LogP contribution in [0.3, 0.4) is 0 Å². The van der Waals surface area contributed by atoms with Crippen molar-refractivity contribution < 1.29 is 14.6 Å². The van der Waals surface area contributed by atoms with Crippen molar-refractivity contribution in [1.29, 1.82) is 0 Å². The first-order valence-corrected chi connectivity index (χ1v) is 7.45. The van der Waals surface area contributed by atoms with Gasteiger partial charge in [0.2, 0.25) is 5.91 Å². The van der Waals surface area contributed by atoms with Crippen molar-refractivity contribution in [2.75, 3.05) is 45.9 Å². The van der Waals surface area contributed by atoms with Crippen molar-refractivity contribution in [3.05, 3.63) is 0 Å². The molecule has 19 heavy (non-hydrogen) atoms. The summed E-state index contributed by atoms with van der Waals surface area (Å²) < 4.78 is 5.44. The number of β-amino-alcohol motifs (C(OH)–C–C–N with tert-alkyl or cyclic N) is 1. The van der Waals surface area contributed by atoms with Crippen molar-refractivity contribution in [2.45, 2.75) is 32.3 Å². The Morgan fingerprint density at radius 2 is 2.00 bits per heavy atom. The molecule has 5 nitrogen and oxygen atoms in total. The zero-order valence-electron chi connectivity index (χ0n) is 11.9. The van der Waals surface area contributed by atoms with Gasteiger partial charge in [-0.1, -0.05) is 6.92 Å². The van der Waals surface area contributed by atoms with E-state index in [1.165, 1.54) is 12.8 Å². The average molecular weight is 270 g/mol. The van der Waals surface area contributed by atoms with Crippen molar-refractivity contribution >= 4 is 5.91 Å². The molecule has 1 aliphatic heterocycles. The van der Waals surface area contributed by atoms with E-state index in [1.807, 2.05) is 11.8 Å². The van der Waals surface area contributed by atoms with Crippen LogP contribution in [0.1, 0.15) is 26.2 Å². The molecule has 1 unspecified atom stereocenters. The molecule has 1 atom stereocenters. The number of hydrogen-bond acceptors (Lipinski definition) is 4. The van der Waals surface area contributed by atoms with Crippen LogP contribution in [0.5, 0.6) is 0 Å². The first kappa shape index (κ1) is 14.8. The quantitative estimate of drug-likeness (QED) is 0.724. The Kier molecular flexibility index (Phi) is 5.60. The van der Waals surface area contributed by atoms with Crippen LogP contribution in [0.25, 0.3) is 0 Å². The van der Waals surface area contributed by atoms with E-state index in [2.05, 4.69) is 4.90 Å². The summed E-state index contributed by atoms with van der Waals surface area (Å²) in [5.74, 6) is 0.816. The Bertz CT molecular complexity index is 286. The summed E-state index contributed by atoms with van der Waals surface area (Å²) >= 11 is 0. The fraction of sp³-hybridized carbons (Fsp3) is 0.929. The predicted octanol–water partition coefficient (Wildman–Crippen LogP) is 0.328. The second-order valence-electron chi connectivity index (χ2n) is 5.70. The van der Waals surface area contributed by atoms with Crippen LogP contribution in [0.4, 0.5) is 0 Å². The fourth-order valence-electron chi connectivity index (χ4n) is 2.30. The van der Waals surface area contributed by atoms with Gasteiger partial charge in [0.05, 0.1) is 12.7 Å². The summed E-state index contributed by atoms with van der Waals surface area (Å²) in [6.07, 6.45) is 3.05. The largest absolute Gasteiger partial charge is 0.392 e. The maximum absolute atomic E-state index is 11.9. The van der Waals surface area contributed by atoms with Crippen molar-refractivity contribution in [1.82, 2.24) is 9.80 Å². The van der Waals surface area contributed by atoms with Gasteiger partial charge in [-0.05, 0) is 25.2 Å². The summed E-state index contributed by atoms with van der Waals surface area (Å²) in [5.41, 5.74) is 0. The highest BCUT2D eigenvalue weighted by molar-refractivity contribution is 5.77. The van der Waals surface area contributed by atoms with Gasteiger partial charge in [0.15, 0.2) is 0 Å². The molecule has 2 aliphatic rings. The van der Waals surface area contributed by atoms with Gasteiger partial charge in [0, 0.05) is 32.7 Å². The number of carbonyl (C=O) groups excluding carboxylic acids is 1. The van der Waals surface area contributed by atoms with Crippen molar-refractivity contribution in [3.8, 4) is 0 Å². The van der Waals surface area contributed by atoms with E-state index in [0.29, 0.717) is 5.92 Å². The molecule has 2 fully saturated rings. The topological polar surface area (TPSA) is 53.0 Å². The predicted molar refractivity (Wildman–Crippen MR) is 72.9 cm³/mol. The third-order valence-corrected chi connectivity index (χ3v) is 3.94. The van der Waals surface area contributed by atoms with E-state index in [4.69, 9.17) is 4.74 Å². The molecule has 1 N–H and O–H groups in total. The average Bonchev–Trinajstić information content (AvgIpc) is 3.23. The zero-order valence-corrected chi connectivity index (χ0v) is 11.9. The smallest absolute Gasteiger partial charge is 0.248 e. The Hall–Kier alpha value is -0.650. The molecule has 1 heterocycles. The van der Waals surface area contributed by atoms with Crippen molar-refractivity contribution in [3.63, 3.8) is 0 Å². The molecular formula is C14H26N2O3. The lowest BCUT2D eigenvalue weighted by molar-refractivity contribution is -0.138. The number of piperazine rings is 1. The number of ether oxygens (including phenoxy) is 1. The number of amides is 1. The van der Waals surface area contributed by atoms with E-state index < -0.39 is 0 Å². The minimum absolute atomic E-state index is 0.108. The number of hydrogen-bond donors (Lipinski definition) is 1.